The highest BCUT2D eigenvalue weighted by atomic mass is 16.5. The van der Waals surface area contributed by atoms with Gasteiger partial charge in [-0.15, -0.1) is 5.10 Å². The zero-order valence-corrected chi connectivity index (χ0v) is 27.7. The van der Waals surface area contributed by atoms with Gasteiger partial charge in [0, 0.05) is 55.2 Å². The third kappa shape index (κ3) is 8.62. The summed E-state index contributed by atoms with van der Waals surface area (Å²) < 4.78 is 36.6. The largest absolute Gasteiger partial charge is 0.497 e. The first kappa shape index (κ1) is 33.3. The minimum absolute atomic E-state index is 0.124. The van der Waals surface area contributed by atoms with E-state index in [-0.39, 0.29) is 12.1 Å². The second-order valence-corrected chi connectivity index (χ2v) is 11.0. The van der Waals surface area contributed by atoms with E-state index in [1.54, 1.807) is 45.3 Å². The molecule has 3 aromatic carbocycles. The number of methoxy groups -OCH3 is 4. The van der Waals surface area contributed by atoms with Gasteiger partial charge in [0.15, 0.2) is 11.5 Å². The molecule has 5 aromatic rings. The van der Waals surface area contributed by atoms with Gasteiger partial charge < -0.3 is 33.3 Å². The molecule has 47 heavy (non-hydrogen) atoms. The number of aromatic nitrogens is 4. The third-order valence-corrected chi connectivity index (χ3v) is 7.81. The summed E-state index contributed by atoms with van der Waals surface area (Å²) in [7, 11) is 6.57. The Morgan fingerprint density at radius 3 is 2.04 bits per heavy atom. The molecule has 0 radical (unpaired) electrons. The first-order chi connectivity index (χ1) is 23.0. The van der Waals surface area contributed by atoms with Gasteiger partial charge in [-0.25, -0.2) is 9.50 Å². The van der Waals surface area contributed by atoms with E-state index in [9.17, 15) is 0 Å². The second-order valence-electron chi connectivity index (χ2n) is 11.0. The van der Waals surface area contributed by atoms with E-state index in [1.165, 1.54) is 0 Å². The van der Waals surface area contributed by atoms with Crippen LogP contribution in [0.4, 0.5) is 5.82 Å². The highest BCUT2D eigenvalue weighted by Gasteiger charge is 2.22. The van der Waals surface area contributed by atoms with E-state index in [4.69, 9.17) is 33.4 Å². The molecule has 248 valence electrons. The molecule has 1 unspecified atom stereocenters. The van der Waals surface area contributed by atoms with Crippen molar-refractivity contribution in [1.82, 2.24) is 19.6 Å². The Hall–Kier alpha value is -5.03. The van der Waals surface area contributed by atoms with E-state index in [0.717, 1.165) is 29.5 Å². The van der Waals surface area contributed by atoms with E-state index >= 15 is 0 Å². The molecular formula is C36H43N5O6. The Bertz CT molecular complexity index is 1660. The fourth-order valence-corrected chi connectivity index (χ4v) is 5.35. The summed E-state index contributed by atoms with van der Waals surface area (Å²) >= 11 is 0. The molecule has 5 rings (SSSR count). The van der Waals surface area contributed by atoms with Crippen molar-refractivity contribution in [2.24, 2.45) is 0 Å². The summed E-state index contributed by atoms with van der Waals surface area (Å²) in [6, 6.07) is 22.0. The van der Waals surface area contributed by atoms with Crippen LogP contribution in [-0.4, -0.2) is 60.7 Å². The molecule has 0 spiro atoms. The van der Waals surface area contributed by atoms with Crippen LogP contribution in [0.1, 0.15) is 42.9 Å². The summed E-state index contributed by atoms with van der Waals surface area (Å²) in [5.74, 6) is 3.40. The first-order valence-electron chi connectivity index (χ1n) is 15.7. The third-order valence-electron chi connectivity index (χ3n) is 7.81. The van der Waals surface area contributed by atoms with Crippen LogP contribution in [0.2, 0.25) is 0 Å². The Morgan fingerprint density at radius 2 is 1.45 bits per heavy atom. The molecule has 0 saturated carbocycles. The Labute approximate surface area is 276 Å². The summed E-state index contributed by atoms with van der Waals surface area (Å²) in [6.45, 7) is 4.12. The molecule has 0 amide bonds. The SMILES string of the molecule is CCCC(CCOCc1ccccc1)Oc1nc(N(Cc2ccc(OC)cc2OC)Cc2ccc(OC)cc2OC)c2nccn2n1. The highest BCUT2D eigenvalue weighted by Crippen LogP contribution is 2.32. The molecule has 0 fully saturated rings. The highest BCUT2D eigenvalue weighted by molar-refractivity contribution is 5.65. The molecule has 2 heterocycles. The number of rotatable bonds is 18. The molecule has 11 nitrogen and oxygen atoms in total. The van der Waals surface area contributed by atoms with Crippen molar-refractivity contribution in [3.05, 3.63) is 95.8 Å². The minimum atomic E-state index is -0.124. The lowest BCUT2D eigenvalue weighted by atomic mass is 10.1. The topological polar surface area (TPSA) is 102 Å². The maximum absolute atomic E-state index is 6.47. The van der Waals surface area contributed by atoms with Crippen molar-refractivity contribution in [3.8, 4) is 29.0 Å². The number of nitrogens with zero attached hydrogens (tertiary/aromatic N) is 5. The van der Waals surface area contributed by atoms with E-state index in [2.05, 4.69) is 34.0 Å². The van der Waals surface area contributed by atoms with Gasteiger partial charge in [-0.05, 0) is 36.2 Å². The molecule has 11 heteroatoms. The lowest BCUT2D eigenvalue weighted by Gasteiger charge is -2.27. The van der Waals surface area contributed by atoms with Crippen LogP contribution >= 0.6 is 0 Å². The van der Waals surface area contributed by atoms with Crippen molar-refractivity contribution >= 4 is 11.5 Å². The Kier molecular flexibility index (Phi) is 11.7. The number of hydrogen-bond acceptors (Lipinski definition) is 10. The molecule has 0 N–H and O–H groups in total. The van der Waals surface area contributed by atoms with Gasteiger partial charge in [-0.2, -0.15) is 4.98 Å². The predicted molar refractivity (Wildman–Crippen MR) is 180 cm³/mol. The molecule has 0 aliphatic carbocycles. The number of hydrogen-bond donors (Lipinski definition) is 0. The maximum Gasteiger partial charge on any atom is 0.336 e. The fraction of sp³-hybridized carbons (Fsp3) is 0.361. The van der Waals surface area contributed by atoms with Crippen LogP contribution < -0.4 is 28.6 Å². The van der Waals surface area contributed by atoms with Crippen molar-refractivity contribution < 1.29 is 28.4 Å². The van der Waals surface area contributed by atoms with E-state index < -0.39 is 0 Å². The van der Waals surface area contributed by atoms with Crippen LogP contribution in [0.5, 0.6) is 29.0 Å². The molecular weight excluding hydrogens is 598 g/mol. The number of benzene rings is 3. The van der Waals surface area contributed by atoms with Crippen molar-refractivity contribution in [2.75, 3.05) is 39.9 Å². The quantitative estimate of drug-likeness (QED) is 0.0983. The molecule has 2 aromatic heterocycles. The summed E-state index contributed by atoms with van der Waals surface area (Å²) in [6.07, 6.45) is 5.87. The van der Waals surface area contributed by atoms with Gasteiger partial charge in [0.2, 0.25) is 0 Å². The van der Waals surface area contributed by atoms with Crippen LogP contribution in [0, 0.1) is 0 Å². The van der Waals surface area contributed by atoms with Crippen LogP contribution in [-0.2, 0) is 24.4 Å². The van der Waals surface area contributed by atoms with Crippen molar-refractivity contribution in [3.63, 3.8) is 0 Å². The van der Waals surface area contributed by atoms with Gasteiger partial charge in [-0.3, -0.25) is 0 Å². The second kappa shape index (κ2) is 16.5. The standard InChI is InChI=1S/C36H43N5O6/c1-6-10-29(17-20-46-25-26-11-8-7-9-12-26)47-36-38-35(34-37-18-19-41(34)39-36)40(23-27-13-15-30(42-2)21-32(27)44-4)24-28-14-16-31(43-3)22-33(28)45-5/h7-9,11-16,18-19,21-22,29H,6,10,17,20,23-25H2,1-5H3. The summed E-state index contributed by atoms with van der Waals surface area (Å²) in [4.78, 5) is 11.7. The van der Waals surface area contributed by atoms with Crippen LogP contribution in [0.3, 0.4) is 0 Å². The lowest BCUT2D eigenvalue weighted by molar-refractivity contribution is 0.0750. The normalized spacial score (nSPS) is 11.7. The van der Waals surface area contributed by atoms with E-state index in [0.29, 0.717) is 67.2 Å². The lowest BCUT2D eigenvalue weighted by Crippen LogP contribution is -2.26. The predicted octanol–water partition coefficient (Wildman–Crippen LogP) is 6.52. The summed E-state index contributed by atoms with van der Waals surface area (Å²) in [5, 5.41) is 4.67. The molecule has 0 aliphatic heterocycles. The maximum atomic E-state index is 6.47. The van der Waals surface area contributed by atoms with Crippen molar-refractivity contribution in [1.29, 1.82) is 0 Å². The van der Waals surface area contributed by atoms with Crippen LogP contribution in [0.25, 0.3) is 5.65 Å². The van der Waals surface area contributed by atoms with Crippen LogP contribution in [0.15, 0.2) is 79.1 Å². The molecule has 1 atom stereocenters. The van der Waals surface area contributed by atoms with E-state index in [1.807, 2.05) is 54.6 Å². The van der Waals surface area contributed by atoms with Gasteiger partial charge in [0.05, 0.1) is 41.7 Å². The number of imidazole rings is 1. The average Bonchev–Trinajstić information content (AvgIpc) is 3.59. The molecule has 0 aliphatic rings. The zero-order valence-electron chi connectivity index (χ0n) is 27.7. The Morgan fingerprint density at radius 1 is 0.787 bits per heavy atom. The Balaban J connectivity index is 1.46. The molecule has 0 bridgehead atoms. The van der Waals surface area contributed by atoms with Gasteiger partial charge in [-0.1, -0.05) is 43.7 Å². The molecule has 0 saturated heterocycles. The fourth-order valence-electron chi connectivity index (χ4n) is 5.35. The zero-order chi connectivity index (χ0) is 33.0. The monoisotopic (exact) mass is 641 g/mol. The van der Waals surface area contributed by atoms with Gasteiger partial charge in [0.25, 0.3) is 0 Å². The first-order valence-corrected chi connectivity index (χ1v) is 15.7. The number of anilines is 1. The smallest absolute Gasteiger partial charge is 0.336 e. The van der Waals surface area contributed by atoms with Crippen molar-refractivity contribution in [2.45, 2.75) is 52.0 Å². The number of ether oxygens (including phenoxy) is 6. The average molecular weight is 642 g/mol. The van der Waals surface area contributed by atoms with Gasteiger partial charge in [0.1, 0.15) is 29.1 Å². The summed E-state index contributed by atoms with van der Waals surface area (Å²) in [5.41, 5.74) is 3.61. The number of fused-ring (bicyclic) bond motifs is 1. The minimum Gasteiger partial charge on any atom is -0.497 e. The van der Waals surface area contributed by atoms with Gasteiger partial charge >= 0.3 is 6.01 Å².